The summed E-state index contributed by atoms with van der Waals surface area (Å²) in [5.41, 5.74) is 9.03. The molecule has 0 unspecified atom stereocenters. The van der Waals surface area contributed by atoms with Gasteiger partial charge >= 0.3 is 0 Å². The van der Waals surface area contributed by atoms with Crippen molar-refractivity contribution in [3.8, 4) is 11.1 Å². The Hall–Kier alpha value is -3.06. The van der Waals surface area contributed by atoms with Crippen LogP contribution in [0.25, 0.3) is 21.9 Å². The van der Waals surface area contributed by atoms with Gasteiger partial charge in [0.15, 0.2) is 0 Å². The minimum Gasteiger partial charge on any atom is -0.309 e. The molecule has 0 fully saturated rings. The van der Waals surface area contributed by atoms with Gasteiger partial charge in [-0.25, -0.2) is 0 Å². The Kier molecular flexibility index (Phi) is 2.98. The molecular weight excluding hydrogens is 302 g/mol. The van der Waals surface area contributed by atoms with Crippen LogP contribution in [0.15, 0.2) is 78.9 Å². The Labute approximate surface area is 148 Å². The van der Waals surface area contributed by atoms with Crippen molar-refractivity contribution in [2.45, 2.75) is 13.8 Å². The van der Waals surface area contributed by atoms with E-state index in [1.165, 1.54) is 50.1 Å². The fraction of sp³-hybridized carbons (Fsp3) is 0.0833. The van der Waals surface area contributed by atoms with Gasteiger partial charge in [0.05, 0.1) is 11.4 Å². The molecule has 0 bridgehead atoms. The lowest BCUT2D eigenvalue weighted by Gasteiger charge is -2.34. The molecule has 4 aromatic rings. The van der Waals surface area contributed by atoms with Gasteiger partial charge < -0.3 is 4.90 Å². The molecule has 0 saturated heterocycles. The second kappa shape index (κ2) is 5.22. The van der Waals surface area contributed by atoms with Crippen LogP contribution in [0.2, 0.25) is 0 Å². The van der Waals surface area contributed by atoms with E-state index < -0.39 is 0 Å². The maximum absolute atomic E-state index is 2.39. The van der Waals surface area contributed by atoms with Crippen molar-refractivity contribution in [1.29, 1.82) is 0 Å². The van der Waals surface area contributed by atoms with Crippen molar-refractivity contribution in [3.05, 3.63) is 90.0 Å². The van der Waals surface area contributed by atoms with E-state index in [1.807, 2.05) is 0 Å². The zero-order chi connectivity index (χ0) is 17.0. The van der Waals surface area contributed by atoms with E-state index in [0.717, 1.165) is 0 Å². The number of hydrogen-bond acceptors (Lipinski definition) is 1. The molecule has 25 heavy (non-hydrogen) atoms. The van der Waals surface area contributed by atoms with E-state index in [-0.39, 0.29) is 0 Å². The van der Waals surface area contributed by atoms with Crippen molar-refractivity contribution in [2.75, 3.05) is 4.90 Å². The summed E-state index contributed by atoms with van der Waals surface area (Å²) < 4.78 is 0. The smallest absolute Gasteiger partial charge is 0.0546 e. The van der Waals surface area contributed by atoms with Gasteiger partial charge in [-0.15, -0.1) is 0 Å². The minimum atomic E-state index is 1.20. The summed E-state index contributed by atoms with van der Waals surface area (Å²) in [7, 11) is 0. The zero-order valence-electron chi connectivity index (χ0n) is 14.5. The number of benzene rings is 4. The van der Waals surface area contributed by atoms with Crippen LogP contribution in [0.4, 0.5) is 17.1 Å². The van der Waals surface area contributed by atoms with Crippen molar-refractivity contribution < 1.29 is 0 Å². The van der Waals surface area contributed by atoms with Crippen LogP contribution in [0, 0.1) is 13.8 Å². The van der Waals surface area contributed by atoms with Gasteiger partial charge in [-0.2, -0.15) is 0 Å². The van der Waals surface area contributed by atoms with Crippen molar-refractivity contribution in [3.63, 3.8) is 0 Å². The monoisotopic (exact) mass is 321 g/mol. The number of aryl methyl sites for hydroxylation is 2. The summed E-state index contributed by atoms with van der Waals surface area (Å²) in [6.07, 6.45) is 0. The summed E-state index contributed by atoms with van der Waals surface area (Å²) in [6, 6.07) is 28.4. The first-order valence-corrected chi connectivity index (χ1v) is 8.73. The molecule has 0 aliphatic carbocycles. The number of fused-ring (bicyclic) bond motifs is 2. The van der Waals surface area contributed by atoms with Crippen LogP contribution in [-0.2, 0) is 0 Å². The maximum Gasteiger partial charge on any atom is 0.0546 e. The van der Waals surface area contributed by atoms with Gasteiger partial charge in [0.2, 0.25) is 0 Å². The summed E-state index contributed by atoms with van der Waals surface area (Å²) in [6.45, 7) is 4.42. The van der Waals surface area contributed by atoms with Crippen LogP contribution in [0.5, 0.6) is 0 Å². The molecule has 0 aromatic heterocycles. The molecule has 0 radical (unpaired) electrons. The highest BCUT2D eigenvalue weighted by Crippen LogP contribution is 2.51. The molecule has 1 aliphatic heterocycles. The summed E-state index contributed by atoms with van der Waals surface area (Å²) in [5.74, 6) is 0. The number of nitrogens with zero attached hydrogens (tertiary/aromatic N) is 1. The van der Waals surface area contributed by atoms with Crippen LogP contribution >= 0.6 is 0 Å². The second-order valence-electron chi connectivity index (χ2n) is 6.77. The number of anilines is 3. The van der Waals surface area contributed by atoms with Gasteiger partial charge in [0, 0.05) is 16.6 Å². The first-order valence-electron chi connectivity index (χ1n) is 8.73. The second-order valence-corrected chi connectivity index (χ2v) is 6.77. The fourth-order valence-corrected chi connectivity index (χ4v) is 4.14. The third-order valence-corrected chi connectivity index (χ3v) is 5.25. The third kappa shape index (κ3) is 1.96. The van der Waals surface area contributed by atoms with Gasteiger partial charge in [-0.05, 0) is 60.2 Å². The fourth-order valence-electron chi connectivity index (χ4n) is 4.14. The van der Waals surface area contributed by atoms with Crippen molar-refractivity contribution in [1.82, 2.24) is 0 Å². The lowest BCUT2D eigenvalue weighted by Crippen LogP contribution is -2.15. The van der Waals surface area contributed by atoms with Gasteiger partial charge in [0.25, 0.3) is 0 Å². The van der Waals surface area contributed by atoms with Gasteiger partial charge in [-0.3, -0.25) is 0 Å². The molecule has 0 atom stereocenters. The van der Waals surface area contributed by atoms with Gasteiger partial charge in [-0.1, -0.05) is 54.6 Å². The minimum absolute atomic E-state index is 1.20. The molecule has 1 aliphatic rings. The normalized spacial score (nSPS) is 12.3. The highest BCUT2D eigenvalue weighted by Gasteiger charge is 2.26. The van der Waals surface area contributed by atoms with Gasteiger partial charge in [0.1, 0.15) is 0 Å². The molecule has 0 N–H and O–H groups in total. The Morgan fingerprint density at radius 3 is 2.00 bits per heavy atom. The number of para-hydroxylation sites is 2. The van der Waals surface area contributed by atoms with Crippen LogP contribution in [-0.4, -0.2) is 0 Å². The molecule has 1 heterocycles. The molecule has 4 aromatic carbocycles. The predicted molar refractivity (Wildman–Crippen MR) is 107 cm³/mol. The van der Waals surface area contributed by atoms with Crippen molar-refractivity contribution >= 4 is 27.8 Å². The van der Waals surface area contributed by atoms with Crippen molar-refractivity contribution in [2.24, 2.45) is 0 Å². The van der Waals surface area contributed by atoms with E-state index in [1.54, 1.807) is 0 Å². The SMILES string of the molecule is Cc1ccc2c3c(ccc(C)c13)N(c1ccccc1)c1ccccc1-2. The first-order chi connectivity index (χ1) is 12.3. The van der Waals surface area contributed by atoms with E-state index in [4.69, 9.17) is 0 Å². The maximum atomic E-state index is 2.39. The molecule has 0 spiro atoms. The van der Waals surface area contributed by atoms with E-state index in [2.05, 4.69) is 97.6 Å². The lowest BCUT2D eigenvalue weighted by molar-refractivity contribution is 1.28. The van der Waals surface area contributed by atoms with E-state index >= 15 is 0 Å². The first kappa shape index (κ1) is 14.3. The molecule has 0 saturated carbocycles. The molecule has 1 heteroatoms. The van der Waals surface area contributed by atoms with Crippen LogP contribution in [0.1, 0.15) is 11.1 Å². The number of rotatable bonds is 1. The molecule has 0 amide bonds. The third-order valence-electron chi connectivity index (χ3n) is 5.25. The molecule has 5 rings (SSSR count). The Morgan fingerprint density at radius 1 is 0.520 bits per heavy atom. The molecule has 1 nitrogen and oxygen atoms in total. The summed E-state index contributed by atoms with van der Waals surface area (Å²) in [5, 5.41) is 2.74. The highest BCUT2D eigenvalue weighted by atomic mass is 15.2. The Morgan fingerprint density at radius 2 is 1.20 bits per heavy atom. The highest BCUT2D eigenvalue weighted by molar-refractivity contribution is 6.15. The Bertz CT molecular complexity index is 1100. The quantitative estimate of drug-likeness (QED) is 0.324. The van der Waals surface area contributed by atoms with Crippen LogP contribution < -0.4 is 4.90 Å². The predicted octanol–water partition coefficient (Wildman–Crippen LogP) is 6.91. The zero-order valence-corrected chi connectivity index (χ0v) is 14.5. The summed E-state index contributed by atoms with van der Waals surface area (Å²) >= 11 is 0. The lowest BCUT2D eigenvalue weighted by atomic mass is 9.87. The topological polar surface area (TPSA) is 3.24 Å². The standard InChI is InChI=1S/C24H19N/c1-16-12-14-20-19-10-6-7-11-21(19)25(18-8-4-3-5-9-18)22-15-13-17(2)23(16)24(20)22/h3-15H,1-2H3. The average molecular weight is 321 g/mol. The van der Waals surface area contributed by atoms with E-state index in [9.17, 15) is 0 Å². The van der Waals surface area contributed by atoms with E-state index in [0.29, 0.717) is 0 Å². The average Bonchev–Trinajstić information content (AvgIpc) is 2.66. The molecule has 120 valence electrons. The molecular formula is C24H19N. The largest absolute Gasteiger partial charge is 0.309 e. The van der Waals surface area contributed by atoms with Crippen LogP contribution in [0.3, 0.4) is 0 Å². The number of hydrogen-bond donors (Lipinski definition) is 0. The summed E-state index contributed by atoms with van der Waals surface area (Å²) in [4.78, 5) is 2.39. The Balaban J connectivity index is 1.98.